The van der Waals surface area contributed by atoms with E-state index in [1.807, 2.05) is 6.08 Å². The predicted octanol–water partition coefficient (Wildman–Crippen LogP) is 5.89. The van der Waals surface area contributed by atoms with E-state index < -0.39 is 44.7 Å². The van der Waals surface area contributed by atoms with Crippen molar-refractivity contribution in [1.29, 1.82) is 0 Å². The van der Waals surface area contributed by atoms with Gasteiger partial charge in [0.1, 0.15) is 6.61 Å². The average Bonchev–Trinajstić information content (AvgIpc) is 2.90. The van der Waals surface area contributed by atoms with Crippen LogP contribution >= 0.6 is 7.82 Å². The molecule has 0 saturated carbocycles. The van der Waals surface area contributed by atoms with Crippen molar-refractivity contribution in [2.24, 2.45) is 0 Å². The lowest BCUT2D eigenvalue weighted by molar-refractivity contribution is -0.161. The third-order valence-electron chi connectivity index (χ3n) is 6.48. The van der Waals surface area contributed by atoms with Crippen molar-refractivity contribution in [3.05, 3.63) is 12.2 Å². The Bertz CT molecular complexity index is 709. The number of phosphoric ester groups is 1. The van der Waals surface area contributed by atoms with E-state index in [2.05, 4.69) is 24.4 Å². The summed E-state index contributed by atoms with van der Waals surface area (Å²) in [6.07, 6.45) is 15.9. The predicted molar refractivity (Wildman–Crippen MR) is 154 cm³/mol. The zero-order chi connectivity index (χ0) is 30.1. The van der Waals surface area contributed by atoms with Crippen molar-refractivity contribution in [2.75, 3.05) is 13.2 Å². The van der Waals surface area contributed by atoms with Crippen LogP contribution in [0.1, 0.15) is 129 Å². The van der Waals surface area contributed by atoms with E-state index >= 15 is 0 Å². The van der Waals surface area contributed by atoms with Crippen molar-refractivity contribution >= 4 is 19.8 Å². The summed E-state index contributed by atoms with van der Waals surface area (Å²) in [6, 6.07) is 0. The Balaban J connectivity index is 4.15. The molecule has 0 unspecified atom stereocenters. The van der Waals surface area contributed by atoms with Crippen LogP contribution in [-0.4, -0.2) is 63.5 Å². The first-order valence-corrected chi connectivity index (χ1v) is 16.7. The molecule has 236 valence electrons. The summed E-state index contributed by atoms with van der Waals surface area (Å²) in [6.45, 7) is 3.35. The van der Waals surface area contributed by atoms with E-state index in [0.717, 1.165) is 64.2 Å². The van der Waals surface area contributed by atoms with E-state index in [9.17, 15) is 24.4 Å². The lowest BCUT2D eigenvalue weighted by Crippen LogP contribution is -2.29. The fraction of sp³-hybridized carbons (Fsp3) is 0.862. The molecule has 0 radical (unpaired) electrons. The van der Waals surface area contributed by atoms with Crippen LogP contribution in [0.2, 0.25) is 0 Å². The molecule has 0 aliphatic carbocycles. The van der Waals surface area contributed by atoms with Crippen molar-refractivity contribution in [3.63, 3.8) is 0 Å². The van der Waals surface area contributed by atoms with Gasteiger partial charge in [-0.3, -0.25) is 14.1 Å². The van der Waals surface area contributed by atoms with Crippen LogP contribution in [0.3, 0.4) is 0 Å². The van der Waals surface area contributed by atoms with Gasteiger partial charge in [-0.25, -0.2) is 4.57 Å². The highest BCUT2D eigenvalue weighted by atomic mass is 31.2. The Morgan fingerprint density at radius 3 is 1.95 bits per heavy atom. The monoisotopic (exact) mass is 594 g/mol. The molecule has 0 aromatic carbocycles. The van der Waals surface area contributed by atoms with Crippen molar-refractivity contribution in [1.82, 2.24) is 0 Å². The summed E-state index contributed by atoms with van der Waals surface area (Å²) < 4.78 is 25.9. The van der Waals surface area contributed by atoms with Gasteiger partial charge in [0.25, 0.3) is 0 Å². The Hall–Kier alpha value is -1.29. The van der Waals surface area contributed by atoms with Gasteiger partial charge in [0, 0.05) is 12.8 Å². The molecule has 0 aliphatic heterocycles. The van der Waals surface area contributed by atoms with E-state index in [4.69, 9.17) is 19.3 Å². The van der Waals surface area contributed by atoms with E-state index in [-0.39, 0.29) is 19.4 Å². The molecule has 0 fully saturated rings. The van der Waals surface area contributed by atoms with Crippen molar-refractivity contribution in [2.45, 2.75) is 148 Å². The number of unbranched alkanes of at least 4 members (excludes halogenated alkanes) is 11. The number of esters is 2. The van der Waals surface area contributed by atoms with Gasteiger partial charge in [0.15, 0.2) is 6.10 Å². The van der Waals surface area contributed by atoms with E-state index in [1.165, 1.54) is 12.8 Å². The number of phosphoric acid groups is 1. The number of allylic oxidation sites excluding steroid dienone is 1. The fourth-order valence-electron chi connectivity index (χ4n) is 4.04. The lowest BCUT2D eigenvalue weighted by atomic mass is 10.0. The molecule has 0 heterocycles. The van der Waals surface area contributed by atoms with E-state index in [0.29, 0.717) is 25.7 Å². The van der Waals surface area contributed by atoms with Gasteiger partial charge in [-0.1, -0.05) is 90.2 Å². The number of hydrogen-bond donors (Lipinski definition) is 4. The molecular formula is C29H55O10P. The maximum atomic E-state index is 12.2. The van der Waals surface area contributed by atoms with Gasteiger partial charge in [-0.2, -0.15) is 0 Å². The third-order valence-corrected chi connectivity index (χ3v) is 6.97. The normalized spacial score (nSPS) is 14.2. The Morgan fingerprint density at radius 2 is 1.30 bits per heavy atom. The van der Waals surface area contributed by atoms with Gasteiger partial charge in [0.2, 0.25) is 0 Å². The number of carbonyl (C=O) groups excluding carboxylic acids is 2. The van der Waals surface area contributed by atoms with Crippen LogP contribution in [0.15, 0.2) is 12.2 Å². The summed E-state index contributed by atoms with van der Waals surface area (Å²) in [4.78, 5) is 42.1. The fourth-order valence-corrected chi connectivity index (χ4v) is 4.40. The molecule has 11 heteroatoms. The van der Waals surface area contributed by atoms with Crippen molar-refractivity contribution < 1.29 is 48.2 Å². The van der Waals surface area contributed by atoms with E-state index in [1.54, 1.807) is 0 Å². The highest BCUT2D eigenvalue weighted by molar-refractivity contribution is 7.46. The van der Waals surface area contributed by atoms with Gasteiger partial charge < -0.3 is 29.5 Å². The molecule has 4 N–H and O–H groups in total. The smallest absolute Gasteiger partial charge is 0.462 e. The second kappa shape index (κ2) is 25.4. The summed E-state index contributed by atoms with van der Waals surface area (Å²) >= 11 is 0. The molecule has 0 saturated heterocycles. The Kier molecular flexibility index (Phi) is 24.6. The summed E-state index contributed by atoms with van der Waals surface area (Å²) in [5.41, 5.74) is 0. The van der Waals surface area contributed by atoms with Crippen LogP contribution in [-0.2, 0) is 28.2 Å². The van der Waals surface area contributed by atoms with Crippen LogP contribution in [0.4, 0.5) is 0 Å². The third kappa shape index (κ3) is 25.7. The van der Waals surface area contributed by atoms with Crippen LogP contribution in [0, 0.1) is 0 Å². The highest BCUT2D eigenvalue weighted by Gasteiger charge is 2.23. The molecule has 0 aromatic heterocycles. The van der Waals surface area contributed by atoms with Gasteiger partial charge in [0.05, 0.1) is 18.8 Å². The first kappa shape index (κ1) is 38.7. The number of carbonyl (C=O) groups is 2. The molecule has 0 bridgehead atoms. The quantitative estimate of drug-likeness (QED) is 0.0391. The number of rotatable bonds is 27. The van der Waals surface area contributed by atoms with Crippen molar-refractivity contribution in [3.8, 4) is 0 Å². The van der Waals surface area contributed by atoms with Crippen LogP contribution in [0.25, 0.3) is 0 Å². The molecular weight excluding hydrogens is 539 g/mol. The number of hydrogen-bond acceptors (Lipinski definition) is 8. The second-order valence-electron chi connectivity index (χ2n) is 10.4. The van der Waals surface area contributed by atoms with Crippen LogP contribution < -0.4 is 0 Å². The molecule has 3 atom stereocenters. The standard InChI is InChI=1S/C29H55O10P/c1-3-5-7-9-12-15-19-26(30)27(31)20-16-13-10-14-18-22-29(33)39-25(24-38-40(34,35)36)23-37-28(32)21-17-11-8-6-4-2/h12,15,25-27,30-31H,3-11,13-14,16-24H2,1-2H3,(H2,34,35,36)/b15-12-/t25-,26+,27+/m1/s1. The zero-order valence-corrected chi connectivity index (χ0v) is 25.6. The Labute approximate surface area is 241 Å². The maximum Gasteiger partial charge on any atom is 0.469 e. The largest absolute Gasteiger partial charge is 0.469 e. The molecule has 0 aliphatic rings. The highest BCUT2D eigenvalue weighted by Crippen LogP contribution is 2.35. The minimum Gasteiger partial charge on any atom is -0.462 e. The maximum absolute atomic E-state index is 12.2. The minimum absolute atomic E-state index is 0.115. The zero-order valence-electron chi connectivity index (χ0n) is 24.7. The number of aliphatic hydroxyl groups excluding tert-OH is 2. The second-order valence-corrected chi connectivity index (χ2v) is 11.6. The Morgan fingerprint density at radius 1 is 0.725 bits per heavy atom. The average molecular weight is 595 g/mol. The SMILES string of the molecule is CCCCC/C=C\C[C@H](O)[C@@H](O)CCCCCCCC(=O)O[C@H](COC(=O)CCCCCCC)COP(=O)(O)O. The first-order valence-electron chi connectivity index (χ1n) is 15.1. The molecule has 40 heavy (non-hydrogen) atoms. The first-order chi connectivity index (χ1) is 19.1. The van der Waals surface area contributed by atoms with Gasteiger partial charge >= 0.3 is 19.8 Å². The molecule has 0 aromatic rings. The molecule has 0 amide bonds. The minimum atomic E-state index is -4.77. The molecule has 10 nitrogen and oxygen atoms in total. The number of ether oxygens (including phenoxy) is 2. The summed E-state index contributed by atoms with van der Waals surface area (Å²) in [5, 5.41) is 20.2. The lowest BCUT2D eigenvalue weighted by Gasteiger charge is -2.18. The molecule has 0 rings (SSSR count). The topological polar surface area (TPSA) is 160 Å². The van der Waals surface area contributed by atoms with Crippen LogP contribution in [0.5, 0.6) is 0 Å². The summed E-state index contributed by atoms with van der Waals surface area (Å²) in [7, 11) is -4.77. The van der Waals surface area contributed by atoms with Gasteiger partial charge in [-0.05, 0) is 38.5 Å². The number of aliphatic hydroxyl groups is 2. The molecule has 0 spiro atoms. The van der Waals surface area contributed by atoms with Gasteiger partial charge in [-0.15, -0.1) is 0 Å². The summed E-state index contributed by atoms with van der Waals surface area (Å²) in [5.74, 6) is -1.01.